The van der Waals surface area contributed by atoms with E-state index in [2.05, 4.69) is 0 Å². The highest BCUT2D eigenvalue weighted by molar-refractivity contribution is 7.20. The maximum Gasteiger partial charge on any atom is 0.306 e. The molecule has 118 valence electrons. The number of hydrogen-bond acceptors (Lipinski definition) is 5. The van der Waals surface area contributed by atoms with Crippen LogP contribution in [-0.2, 0) is 4.79 Å². The van der Waals surface area contributed by atoms with Crippen LogP contribution in [0.15, 0.2) is 18.2 Å². The molecule has 1 aromatic carbocycles. The van der Waals surface area contributed by atoms with Crippen LogP contribution < -0.4 is 9.47 Å². The van der Waals surface area contributed by atoms with E-state index in [1.54, 1.807) is 27.2 Å². The van der Waals surface area contributed by atoms with Crippen LogP contribution >= 0.6 is 11.3 Å². The van der Waals surface area contributed by atoms with Gasteiger partial charge in [-0.2, -0.15) is 0 Å². The van der Waals surface area contributed by atoms with E-state index in [1.807, 2.05) is 12.1 Å². The van der Waals surface area contributed by atoms with E-state index in [0.717, 1.165) is 10.1 Å². The first-order valence-corrected chi connectivity index (χ1v) is 7.73. The molecule has 2 rings (SSSR count). The predicted octanol–water partition coefficient (Wildman–Crippen LogP) is 3.60. The van der Waals surface area contributed by atoms with Gasteiger partial charge in [-0.25, -0.2) is 0 Å². The molecule has 0 aliphatic rings. The van der Waals surface area contributed by atoms with Gasteiger partial charge in [-0.05, 0) is 23.9 Å². The van der Waals surface area contributed by atoms with Gasteiger partial charge >= 0.3 is 5.97 Å². The zero-order chi connectivity index (χ0) is 16.3. The molecule has 0 aliphatic heterocycles. The van der Waals surface area contributed by atoms with Crippen LogP contribution in [0.4, 0.5) is 0 Å². The van der Waals surface area contributed by atoms with Gasteiger partial charge in [-0.1, -0.05) is 6.92 Å². The number of ether oxygens (including phenoxy) is 2. The fourth-order valence-electron chi connectivity index (χ4n) is 2.23. The monoisotopic (exact) mass is 322 g/mol. The number of ketones is 1. The van der Waals surface area contributed by atoms with E-state index in [4.69, 9.17) is 14.6 Å². The van der Waals surface area contributed by atoms with Gasteiger partial charge in [0, 0.05) is 17.2 Å². The molecule has 1 N–H and O–H groups in total. The van der Waals surface area contributed by atoms with Crippen molar-refractivity contribution in [1.82, 2.24) is 0 Å². The second-order valence-electron chi connectivity index (χ2n) is 4.93. The molecule has 0 bridgehead atoms. The fraction of sp³-hybridized carbons (Fsp3) is 0.375. The van der Waals surface area contributed by atoms with Crippen LogP contribution in [0.5, 0.6) is 11.5 Å². The van der Waals surface area contributed by atoms with Gasteiger partial charge in [-0.15, -0.1) is 11.3 Å². The molecule has 5 nitrogen and oxygen atoms in total. The Morgan fingerprint density at radius 3 is 2.36 bits per heavy atom. The summed E-state index contributed by atoms with van der Waals surface area (Å²) >= 11 is 1.34. The fourth-order valence-corrected chi connectivity index (χ4v) is 3.26. The second-order valence-corrected chi connectivity index (χ2v) is 6.01. The lowest BCUT2D eigenvalue weighted by Gasteiger charge is -2.06. The third kappa shape index (κ3) is 3.22. The predicted molar refractivity (Wildman–Crippen MR) is 85.3 cm³/mol. The molecule has 1 aromatic heterocycles. The van der Waals surface area contributed by atoms with Crippen LogP contribution in [0.1, 0.15) is 29.4 Å². The van der Waals surface area contributed by atoms with Crippen molar-refractivity contribution in [2.75, 3.05) is 14.2 Å². The molecule has 6 heteroatoms. The van der Waals surface area contributed by atoms with Crippen molar-refractivity contribution in [2.24, 2.45) is 5.92 Å². The quantitative estimate of drug-likeness (QED) is 0.788. The lowest BCUT2D eigenvalue weighted by Crippen LogP contribution is -2.16. The highest BCUT2D eigenvalue weighted by Gasteiger charge is 2.21. The largest absolute Gasteiger partial charge is 0.493 e. The van der Waals surface area contributed by atoms with E-state index in [0.29, 0.717) is 22.8 Å². The maximum atomic E-state index is 12.3. The number of carbonyl (C=O) groups excluding carboxylic acids is 1. The third-order valence-electron chi connectivity index (χ3n) is 3.57. The zero-order valence-electron chi connectivity index (χ0n) is 12.7. The summed E-state index contributed by atoms with van der Waals surface area (Å²) in [4.78, 5) is 23.9. The van der Waals surface area contributed by atoms with Crippen LogP contribution in [0, 0.1) is 5.92 Å². The van der Waals surface area contributed by atoms with Gasteiger partial charge in [0.1, 0.15) is 0 Å². The van der Waals surface area contributed by atoms with Crippen LogP contribution in [-0.4, -0.2) is 31.1 Å². The van der Waals surface area contributed by atoms with Gasteiger partial charge < -0.3 is 14.6 Å². The smallest absolute Gasteiger partial charge is 0.306 e. The molecule has 0 spiro atoms. The van der Waals surface area contributed by atoms with Gasteiger partial charge in [0.05, 0.1) is 25.0 Å². The van der Waals surface area contributed by atoms with Gasteiger partial charge in [-0.3, -0.25) is 9.59 Å². The molecule has 1 heterocycles. The van der Waals surface area contributed by atoms with Gasteiger partial charge in [0.2, 0.25) is 0 Å². The van der Waals surface area contributed by atoms with Crippen molar-refractivity contribution < 1.29 is 24.2 Å². The number of fused-ring (bicyclic) bond motifs is 1. The number of aliphatic carboxylic acids is 1. The molecule has 0 saturated carbocycles. The molecular formula is C16H18O5S. The van der Waals surface area contributed by atoms with Crippen molar-refractivity contribution in [1.29, 1.82) is 0 Å². The van der Waals surface area contributed by atoms with Crippen molar-refractivity contribution in [3.8, 4) is 11.5 Å². The molecule has 0 fully saturated rings. The third-order valence-corrected chi connectivity index (χ3v) is 4.71. The van der Waals surface area contributed by atoms with Gasteiger partial charge in [0.25, 0.3) is 0 Å². The molecule has 1 atom stereocenters. The molecule has 0 saturated heterocycles. The Bertz CT molecular complexity index is 663. The summed E-state index contributed by atoms with van der Waals surface area (Å²) in [5.41, 5.74) is 0. The first kappa shape index (κ1) is 16.3. The molecule has 0 radical (unpaired) electrons. The number of carboxylic acid groups (broad SMARTS) is 1. The minimum Gasteiger partial charge on any atom is -0.493 e. The topological polar surface area (TPSA) is 72.8 Å². The average Bonchev–Trinajstić information content (AvgIpc) is 2.93. The van der Waals surface area contributed by atoms with Crippen molar-refractivity contribution >= 4 is 33.2 Å². The first-order valence-electron chi connectivity index (χ1n) is 6.91. The Morgan fingerprint density at radius 1 is 1.18 bits per heavy atom. The van der Waals surface area contributed by atoms with E-state index in [-0.39, 0.29) is 12.2 Å². The standard InChI is InChI=1S/C16H18O5S/c1-4-9(16(18)19)5-11(17)15-7-10-6-12(20-2)13(21-3)8-14(10)22-15/h6-9H,4-5H2,1-3H3,(H,18,19). The number of rotatable bonds is 7. The second kappa shape index (κ2) is 6.79. The Balaban J connectivity index is 2.32. The highest BCUT2D eigenvalue weighted by Crippen LogP contribution is 2.36. The van der Waals surface area contributed by atoms with Crippen LogP contribution in [0.3, 0.4) is 0 Å². The summed E-state index contributed by atoms with van der Waals surface area (Å²) in [6, 6.07) is 5.42. The number of thiophene rings is 1. The highest BCUT2D eigenvalue weighted by atomic mass is 32.1. The molecular weight excluding hydrogens is 304 g/mol. The van der Waals surface area contributed by atoms with Crippen molar-refractivity contribution in [3.63, 3.8) is 0 Å². The summed E-state index contributed by atoms with van der Waals surface area (Å²) in [7, 11) is 3.11. The summed E-state index contributed by atoms with van der Waals surface area (Å²) in [6.07, 6.45) is 0.459. The number of carbonyl (C=O) groups is 2. The minimum absolute atomic E-state index is 0.0208. The summed E-state index contributed by atoms with van der Waals surface area (Å²) in [5, 5.41) is 9.95. The average molecular weight is 322 g/mol. The lowest BCUT2D eigenvalue weighted by molar-refractivity contribution is -0.141. The molecule has 0 amide bonds. The summed E-state index contributed by atoms with van der Waals surface area (Å²) in [6.45, 7) is 1.77. The molecule has 2 aromatic rings. The SMILES string of the molecule is CCC(CC(=O)c1cc2cc(OC)c(OC)cc2s1)C(=O)O. The van der Waals surface area contributed by atoms with Crippen molar-refractivity contribution in [3.05, 3.63) is 23.1 Å². The number of carboxylic acids is 1. The van der Waals surface area contributed by atoms with Crippen LogP contribution in [0.25, 0.3) is 10.1 Å². The first-order chi connectivity index (χ1) is 10.5. The van der Waals surface area contributed by atoms with E-state index in [9.17, 15) is 9.59 Å². The minimum atomic E-state index is -0.930. The van der Waals surface area contributed by atoms with E-state index in [1.165, 1.54) is 11.3 Å². The molecule has 1 unspecified atom stereocenters. The van der Waals surface area contributed by atoms with Gasteiger partial charge in [0.15, 0.2) is 17.3 Å². The van der Waals surface area contributed by atoms with Crippen LogP contribution in [0.2, 0.25) is 0 Å². The Morgan fingerprint density at radius 2 is 1.82 bits per heavy atom. The Hall–Kier alpha value is -2.08. The van der Waals surface area contributed by atoms with E-state index >= 15 is 0 Å². The lowest BCUT2D eigenvalue weighted by atomic mass is 9.99. The normalized spacial score (nSPS) is 12.1. The number of benzene rings is 1. The Kier molecular flexibility index (Phi) is 5.03. The molecule has 22 heavy (non-hydrogen) atoms. The summed E-state index contributed by atoms with van der Waals surface area (Å²) in [5.74, 6) is -0.507. The van der Waals surface area contributed by atoms with E-state index < -0.39 is 11.9 Å². The zero-order valence-corrected chi connectivity index (χ0v) is 13.5. The number of methoxy groups -OCH3 is 2. The van der Waals surface area contributed by atoms with Crippen molar-refractivity contribution in [2.45, 2.75) is 19.8 Å². The summed E-state index contributed by atoms with van der Waals surface area (Å²) < 4.78 is 11.4. The number of hydrogen-bond donors (Lipinski definition) is 1. The molecule has 0 aliphatic carbocycles. The Labute approximate surface area is 132 Å². The maximum absolute atomic E-state index is 12.3. The number of Topliss-reactive ketones (excluding diaryl/α,β-unsaturated/α-hetero) is 1.